The first-order valence-electron chi connectivity index (χ1n) is 10.9. The van der Waals surface area contributed by atoms with E-state index in [4.69, 9.17) is 23.2 Å². The molecule has 0 fully saturated rings. The topological polar surface area (TPSA) is 78.2 Å². The lowest BCUT2D eigenvalue weighted by Gasteiger charge is -2.28. The minimum absolute atomic E-state index is 0.0315. The number of para-hydroxylation sites is 2. The summed E-state index contributed by atoms with van der Waals surface area (Å²) in [5.41, 5.74) is 3.07. The van der Waals surface area contributed by atoms with Crippen molar-refractivity contribution in [2.75, 3.05) is 27.2 Å². The van der Waals surface area contributed by atoms with Gasteiger partial charge in [0, 0.05) is 18.8 Å². The van der Waals surface area contributed by atoms with Gasteiger partial charge in [-0.3, -0.25) is 14.0 Å². The van der Waals surface area contributed by atoms with E-state index in [1.165, 1.54) is 16.2 Å². The van der Waals surface area contributed by atoms with Gasteiger partial charge in [0.1, 0.15) is 0 Å². The highest BCUT2D eigenvalue weighted by molar-refractivity contribution is 7.19. The third-order valence-electron chi connectivity index (χ3n) is 6.19. The molecule has 4 aromatic rings. The number of nitrogens with zero attached hydrogens (tertiary/aromatic N) is 4. The summed E-state index contributed by atoms with van der Waals surface area (Å²) in [4.78, 5) is 36.3. The Kier molecular flexibility index (Phi) is 6.09. The number of likely N-dealkylation sites (N-methyl/N-ethyl adjacent to an activating group) is 1. The van der Waals surface area contributed by atoms with Crippen LogP contribution in [0, 0.1) is 6.92 Å². The first kappa shape index (κ1) is 23.8. The number of carbonyl (C=O) groups is 2. The Labute approximate surface area is 215 Å². The maximum atomic E-state index is 13.9. The molecule has 0 bridgehead atoms. The molecular weight excluding hydrogens is 507 g/mol. The minimum Gasteiger partial charge on any atom is -0.503 e. The van der Waals surface area contributed by atoms with Crippen LogP contribution in [0.4, 0.5) is 0 Å². The first-order chi connectivity index (χ1) is 16.7. The SMILES string of the molecule is Cc1c(C(=O)C2=C(O)C(=O)N(CCN(C)C)C2c2ccc(Cl)c(Cl)c2)sc2nc3ccccc3n12. The molecule has 0 saturated carbocycles. The number of Topliss-reactive ketones (excluding diaryl/α,β-unsaturated/α-hetero) is 1. The van der Waals surface area contributed by atoms with Crippen molar-refractivity contribution in [2.24, 2.45) is 0 Å². The number of thiazole rings is 1. The molecule has 1 N–H and O–H groups in total. The average Bonchev–Trinajstić information content (AvgIpc) is 3.43. The predicted molar refractivity (Wildman–Crippen MR) is 139 cm³/mol. The molecule has 1 aliphatic heterocycles. The molecular formula is C25H22Cl2N4O3S. The molecule has 0 radical (unpaired) electrons. The third-order valence-corrected chi connectivity index (χ3v) is 8.07. The lowest BCUT2D eigenvalue weighted by atomic mass is 9.95. The highest BCUT2D eigenvalue weighted by atomic mass is 35.5. The Balaban J connectivity index is 1.64. The Morgan fingerprint density at radius 2 is 1.91 bits per heavy atom. The summed E-state index contributed by atoms with van der Waals surface area (Å²) in [6.45, 7) is 2.71. The fourth-order valence-electron chi connectivity index (χ4n) is 4.45. The van der Waals surface area contributed by atoms with Gasteiger partial charge in [0.15, 0.2) is 10.7 Å². The van der Waals surface area contributed by atoms with Crippen LogP contribution in [0.25, 0.3) is 16.0 Å². The van der Waals surface area contributed by atoms with Crippen LogP contribution >= 0.6 is 34.5 Å². The maximum Gasteiger partial charge on any atom is 0.290 e. The quantitative estimate of drug-likeness (QED) is 0.343. The molecule has 35 heavy (non-hydrogen) atoms. The van der Waals surface area contributed by atoms with Crippen molar-refractivity contribution in [3.63, 3.8) is 0 Å². The molecule has 3 heterocycles. The molecule has 10 heteroatoms. The van der Waals surface area contributed by atoms with E-state index in [9.17, 15) is 14.7 Å². The van der Waals surface area contributed by atoms with Crippen LogP contribution in [0.1, 0.15) is 27.0 Å². The van der Waals surface area contributed by atoms with E-state index in [2.05, 4.69) is 4.98 Å². The average molecular weight is 529 g/mol. The molecule has 0 spiro atoms. The number of hydrogen-bond donors (Lipinski definition) is 1. The molecule has 5 rings (SSSR count). The van der Waals surface area contributed by atoms with E-state index in [-0.39, 0.29) is 5.57 Å². The van der Waals surface area contributed by atoms with Crippen molar-refractivity contribution < 1.29 is 14.7 Å². The van der Waals surface area contributed by atoms with Gasteiger partial charge in [-0.2, -0.15) is 0 Å². The van der Waals surface area contributed by atoms with Crippen LogP contribution in [0.5, 0.6) is 0 Å². The second kappa shape index (κ2) is 8.95. The van der Waals surface area contributed by atoms with Gasteiger partial charge in [-0.1, -0.05) is 52.7 Å². The van der Waals surface area contributed by atoms with Crippen LogP contribution in [-0.2, 0) is 4.79 Å². The summed E-state index contributed by atoms with van der Waals surface area (Å²) in [6.07, 6.45) is 0. The number of aryl methyl sites for hydroxylation is 1. The van der Waals surface area contributed by atoms with Gasteiger partial charge >= 0.3 is 0 Å². The first-order valence-corrected chi connectivity index (χ1v) is 12.5. The van der Waals surface area contributed by atoms with Gasteiger partial charge in [-0.05, 0) is 50.8 Å². The minimum atomic E-state index is -0.796. The number of benzene rings is 2. The van der Waals surface area contributed by atoms with Gasteiger partial charge in [0.2, 0.25) is 5.78 Å². The van der Waals surface area contributed by atoms with Crippen LogP contribution in [0.15, 0.2) is 53.8 Å². The zero-order valence-corrected chi connectivity index (χ0v) is 21.6. The largest absolute Gasteiger partial charge is 0.503 e. The smallest absolute Gasteiger partial charge is 0.290 e. The van der Waals surface area contributed by atoms with Gasteiger partial charge in [-0.25, -0.2) is 4.98 Å². The summed E-state index contributed by atoms with van der Waals surface area (Å²) < 4.78 is 1.93. The highest BCUT2D eigenvalue weighted by Gasteiger charge is 2.44. The number of amides is 1. The van der Waals surface area contributed by atoms with Crippen molar-refractivity contribution in [3.8, 4) is 0 Å². The Hall–Kier alpha value is -2.91. The summed E-state index contributed by atoms with van der Waals surface area (Å²) in [5.74, 6) is -1.54. The molecule has 180 valence electrons. The number of hydrogen-bond acceptors (Lipinski definition) is 6. The third kappa shape index (κ3) is 3.90. The molecule has 1 aliphatic rings. The number of halogens is 2. The molecule has 2 aromatic heterocycles. The second-order valence-electron chi connectivity index (χ2n) is 8.70. The zero-order valence-electron chi connectivity index (χ0n) is 19.2. The fourth-order valence-corrected chi connectivity index (χ4v) is 5.85. The molecule has 1 amide bonds. The molecule has 1 atom stereocenters. The van der Waals surface area contributed by atoms with E-state index in [0.29, 0.717) is 44.2 Å². The number of imidazole rings is 1. The monoisotopic (exact) mass is 528 g/mol. The van der Waals surface area contributed by atoms with E-state index >= 15 is 0 Å². The summed E-state index contributed by atoms with van der Waals surface area (Å²) in [6, 6.07) is 11.9. The lowest BCUT2D eigenvalue weighted by Crippen LogP contribution is -2.36. The van der Waals surface area contributed by atoms with E-state index < -0.39 is 23.5 Å². The lowest BCUT2D eigenvalue weighted by molar-refractivity contribution is -0.129. The second-order valence-corrected chi connectivity index (χ2v) is 10.5. The molecule has 0 saturated heterocycles. The number of fused-ring (bicyclic) bond motifs is 3. The number of carbonyl (C=O) groups excluding carboxylic acids is 2. The number of ketones is 1. The van der Waals surface area contributed by atoms with Crippen molar-refractivity contribution in [1.29, 1.82) is 0 Å². The molecule has 7 nitrogen and oxygen atoms in total. The van der Waals surface area contributed by atoms with Crippen LogP contribution < -0.4 is 0 Å². The Bertz CT molecular complexity index is 1540. The van der Waals surface area contributed by atoms with E-state index in [0.717, 1.165) is 11.0 Å². The summed E-state index contributed by atoms with van der Waals surface area (Å²) in [5, 5.41) is 11.6. The number of aliphatic hydroxyl groups is 1. The molecule has 2 aromatic carbocycles. The molecule has 0 aliphatic carbocycles. The van der Waals surface area contributed by atoms with Crippen LogP contribution in [0.3, 0.4) is 0 Å². The van der Waals surface area contributed by atoms with E-state index in [1.807, 2.05) is 54.6 Å². The molecule has 1 unspecified atom stereocenters. The standard InChI is InChI=1S/C25H22Cl2N4O3S/c1-13-23(35-25-28-17-6-4-5-7-18(17)31(13)25)21(32)19-20(14-8-9-15(26)16(27)12-14)30(11-10-29(2)3)24(34)22(19)33/h4-9,12,20,33H,10-11H2,1-3H3. The van der Waals surface area contributed by atoms with Crippen LogP contribution in [-0.4, -0.2) is 63.2 Å². The van der Waals surface area contributed by atoms with Gasteiger partial charge in [0.05, 0.1) is 37.6 Å². The van der Waals surface area contributed by atoms with Crippen molar-refractivity contribution in [3.05, 3.63) is 80.0 Å². The Morgan fingerprint density at radius 3 is 2.63 bits per heavy atom. The maximum absolute atomic E-state index is 13.9. The number of rotatable bonds is 6. The zero-order chi connectivity index (χ0) is 25.0. The van der Waals surface area contributed by atoms with Crippen molar-refractivity contribution in [1.82, 2.24) is 19.2 Å². The highest BCUT2D eigenvalue weighted by Crippen LogP contribution is 2.42. The number of aliphatic hydroxyl groups excluding tert-OH is 1. The Morgan fingerprint density at radius 1 is 1.17 bits per heavy atom. The fraction of sp³-hybridized carbons (Fsp3) is 0.240. The van der Waals surface area contributed by atoms with Crippen LogP contribution in [0.2, 0.25) is 10.0 Å². The predicted octanol–water partition coefficient (Wildman–Crippen LogP) is 5.30. The van der Waals surface area contributed by atoms with Gasteiger partial charge in [-0.15, -0.1) is 0 Å². The summed E-state index contributed by atoms with van der Waals surface area (Å²) in [7, 11) is 3.78. The van der Waals surface area contributed by atoms with Gasteiger partial charge < -0.3 is 14.9 Å². The van der Waals surface area contributed by atoms with Crippen molar-refractivity contribution in [2.45, 2.75) is 13.0 Å². The summed E-state index contributed by atoms with van der Waals surface area (Å²) >= 11 is 13.7. The van der Waals surface area contributed by atoms with E-state index in [1.54, 1.807) is 18.2 Å². The normalized spacial score (nSPS) is 16.5. The van der Waals surface area contributed by atoms with Crippen molar-refractivity contribution >= 4 is 62.2 Å². The van der Waals surface area contributed by atoms with Gasteiger partial charge in [0.25, 0.3) is 5.91 Å². The number of aromatic nitrogens is 2.